The van der Waals surface area contributed by atoms with Crippen LogP contribution in [0.3, 0.4) is 0 Å². The molecule has 1 heterocycles. The molecule has 0 amide bonds. The highest BCUT2D eigenvalue weighted by Crippen LogP contribution is 2.27. The lowest BCUT2D eigenvalue weighted by Crippen LogP contribution is -2.04. The Hall–Kier alpha value is -3.39. The summed E-state index contributed by atoms with van der Waals surface area (Å²) >= 11 is 0. The molecule has 26 heavy (non-hydrogen) atoms. The van der Waals surface area contributed by atoms with Crippen LogP contribution >= 0.6 is 0 Å². The Kier molecular flexibility index (Phi) is 4.85. The smallest absolute Gasteiger partial charge is 0.136 e. The standard InChI is InChI=1S/C21H21N5/c1-13-9-14(2)21(15(3)10-13)26-20-11-19(23-16(4)24-20)25-18-8-6-5-7-17(18)12-22/h5-11H,1-4H3,(H2,23,24,25,26). The van der Waals surface area contributed by atoms with Gasteiger partial charge in [-0.15, -0.1) is 0 Å². The maximum atomic E-state index is 9.25. The summed E-state index contributed by atoms with van der Waals surface area (Å²) in [7, 11) is 0. The van der Waals surface area contributed by atoms with Gasteiger partial charge in [-0.05, 0) is 51.0 Å². The van der Waals surface area contributed by atoms with E-state index < -0.39 is 0 Å². The quantitative estimate of drug-likeness (QED) is 0.692. The van der Waals surface area contributed by atoms with E-state index in [-0.39, 0.29) is 0 Å². The maximum Gasteiger partial charge on any atom is 0.136 e. The third kappa shape index (κ3) is 3.81. The first-order valence-electron chi connectivity index (χ1n) is 8.43. The van der Waals surface area contributed by atoms with Crippen molar-refractivity contribution in [2.45, 2.75) is 27.7 Å². The molecule has 0 aliphatic heterocycles. The van der Waals surface area contributed by atoms with Crippen molar-refractivity contribution in [2.24, 2.45) is 0 Å². The molecule has 5 nitrogen and oxygen atoms in total. The molecule has 0 radical (unpaired) electrons. The number of hydrogen-bond donors (Lipinski definition) is 2. The molecule has 3 aromatic rings. The van der Waals surface area contributed by atoms with Crippen molar-refractivity contribution >= 4 is 23.0 Å². The Balaban J connectivity index is 1.93. The zero-order chi connectivity index (χ0) is 18.7. The summed E-state index contributed by atoms with van der Waals surface area (Å²) in [4.78, 5) is 8.92. The second-order valence-electron chi connectivity index (χ2n) is 6.37. The van der Waals surface area contributed by atoms with E-state index in [0.29, 0.717) is 23.0 Å². The minimum Gasteiger partial charge on any atom is -0.340 e. The Bertz CT molecular complexity index is 979. The van der Waals surface area contributed by atoms with Crippen molar-refractivity contribution in [3.63, 3.8) is 0 Å². The van der Waals surface area contributed by atoms with Crippen LogP contribution in [0.25, 0.3) is 0 Å². The van der Waals surface area contributed by atoms with Gasteiger partial charge in [0.15, 0.2) is 0 Å². The molecule has 0 saturated carbocycles. The number of nitrogens with zero attached hydrogens (tertiary/aromatic N) is 3. The Morgan fingerprint density at radius 1 is 0.846 bits per heavy atom. The number of para-hydroxylation sites is 1. The molecule has 5 heteroatoms. The molecule has 2 N–H and O–H groups in total. The monoisotopic (exact) mass is 343 g/mol. The topological polar surface area (TPSA) is 73.6 Å². The van der Waals surface area contributed by atoms with Crippen LogP contribution in [-0.2, 0) is 0 Å². The fourth-order valence-corrected chi connectivity index (χ4v) is 3.03. The van der Waals surface area contributed by atoms with Crippen molar-refractivity contribution in [2.75, 3.05) is 10.6 Å². The van der Waals surface area contributed by atoms with Crippen LogP contribution in [0.15, 0.2) is 42.5 Å². The Morgan fingerprint density at radius 3 is 2.12 bits per heavy atom. The minimum atomic E-state index is 0.573. The summed E-state index contributed by atoms with van der Waals surface area (Å²) in [5.41, 5.74) is 5.92. The predicted octanol–water partition coefficient (Wildman–Crippen LogP) is 5.07. The molecule has 0 aliphatic rings. The zero-order valence-electron chi connectivity index (χ0n) is 15.4. The van der Waals surface area contributed by atoms with Crippen LogP contribution in [0.5, 0.6) is 0 Å². The SMILES string of the molecule is Cc1cc(C)c(Nc2cc(Nc3ccccc3C#N)nc(C)n2)c(C)c1. The Labute approximate surface area is 153 Å². The summed E-state index contributed by atoms with van der Waals surface area (Å²) < 4.78 is 0. The van der Waals surface area contributed by atoms with Crippen LogP contribution in [0.1, 0.15) is 28.1 Å². The van der Waals surface area contributed by atoms with Crippen molar-refractivity contribution < 1.29 is 0 Å². The lowest BCUT2D eigenvalue weighted by molar-refractivity contribution is 1.06. The van der Waals surface area contributed by atoms with Gasteiger partial charge in [0, 0.05) is 11.8 Å². The largest absolute Gasteiger partial charge is 0.340 e. The maximum absolute atomic E-state index is 9.25. The van der Waals surface area contributed by atoms with Gasteiger partial charge in [-0.1, -0.05) is 29.8 Å². The van der Waals surface area contributed by atoms with Gasteiger partial charge in [0.1, 0.15) is 23.5 Å². The Morgan fingerprint density at radius 2 is 1.46 bits per heavy atom. The van der Waals surface area contributed by atoms with Crippen molar-refractivity contribution in [1.29, 1.82) is 5.26 Å². The fourth-order valence-electron chi connectivity index (χ4n) is 3.03. The van der Waals surface area contributed by atoms with E-state index in [9.17, 15) is 5.26 Å². The average Bonchev–Trinajstić information content (AvgIpc) is 2.58. The molecule has 2 aromatic carbocycles. The molecule has 0 bridgehead atoms. The van der Waals surface area contributed by atoms with E-state index >= 15 is 0 Å². The highest BCUT2D eigenvalue weighted by Gasteiger charge is 2.09. The summed E-state index contributed by atoms with van der Waals surface area (Å²) in [6, 6.07) is 15.7. The molecule has 1 aromatic heterocycles. The average molecular weight is 343 g/mol. The zero-order valence-corrected chi connectivity index (χ0v) is 15.4. The number of rotatable bonds is 4. The second-order valence-corrected chi connectivity index (χ2v) is 6.37. The van der Waals surface area contributed by atoms with Crippen LogP contribution in [0.4, 0.5) is 23.0 Å². The molecule has 0 fully saturated rings. The highest BCUT2D eigenvalue weighted by molar-refractivity contribution is 5.69. The van der Waals surface area contributed by atoms with E-state index in [0.717, 1.165) is 11.4 Å². The number of aromatic nitrogens is 2. The van der Waals surface area contributed by atoms with E-state index in [1.807, 2.05) is 31.2 Å². The third-order valence-corrected chi connectivity index (χ3v) is 4.08. The van der Waals surface area contributed by atoms with Gasteiger partial charge >= 0.3 is 0 Å². The molecular weight excluding hydrogens is 322 g/mol. The molecule has 130 valence electrons. The van der Waals surface area contributed by atoms with Gasteiger partial charge in [0.25, 0.3) is 0 Å². The molecule has 0 atom stereocenters. The van der Waals surface area contributed by atoms with Crippen molar-refractivity contribution in [3.8, 4) is 6.07 Å². The van der Waals surface area contributed by atoms with Gasteiger partial charge in [-0.2, -0.15) is 5.26 Å². The lowest BCUT2D eigenvalue weighted by Gasteiger charge is -2.15. The predicted molar refractivity (Wildman–Crippen MR) is 105 cm³/mol. The normalized spacial score (nSPS) is 10.3. The number of nitrogens with one attached hydrogen (secondary N) is 2. The fraction of sp³-hybridized carbons (Fsp3) is 0.190. The van der Waals surface area contributed by atoms with Gasteiger partial charge in [0.05, 0.1) is 11.3 Å². The third-order valence-electron chi connectivity index (χ3n) is 4.08. The second kappa shape index (κ2) is 7.24. The van der Waals surface area contributed by atoms with E-state index in [1.165, 1.54) is 16.7 Å². The van der Waals surface area contributed by atoms with Crippen LogP contribution < -0.4 is 10.6 Å². The van der Waals surface area contributed by atoms with Gasteiger partial charge in [0.2, 0.25) is 0 Å². The first-order valence-corrected chi connectivity index (χ1v) is 8.43. The molecule has 0 unspecified atom stereocenters. The lowest BCUT2D eigenvalue weighted by atomic mass is 10.1. The molecule has 3 rings (SSSR count). The minimum absolute atomic E-state index is 0.573. The van der Waals surface area contributed by atoms with Crippen molar-refractivity contribution in [1.82, 2.24) is 9.97 Å². The van der Waals surface area contributed by atoms with Crippen LogP contribution in [-0.4, -0.2) is 9.97 Å². The first-order chi connectivity index (χ1) is 12.5. The van der Waals surface area contributed by atoms with Crippen LogP contribution in [0.2, 0.25) is 0 Å². The highest BCUT2D eigenvalue weighted by atomic mass is 15.1. The number of anilines is 4. The molecule has 0 spiro atoms. The number of nitriles is 1. The summed E-state index contributed by atoms with van der Waals surface area (Å²) in [6.07, 6.45) is 0. The van der Waals surface area contributed by atoms with Crippen molar-refractivity contribution in [3.05, 3.63) is 70.5 Å². The van der Waals surface area contributed by atoms with E-state index in [2.05, 4.69) is 59.6 Å². The van der Waals surface area contributed by atoms with Gasteiger partial charge in [-0.25, -0.2) is 9.97 Å². The summed E-state index contributed by atoms with van der Waals surface area (Å²) in [5, 5.41) is 15.9. The van der Waals surface area contributed by atoms with E-state index in [4.69, 9.17) is 0 Å². The van der Waals surface area contributed by atoms with Gasteiger partial charge < -0.3 is 10.6 Å². The molecule has 0 saturated heterocycles. The van der Waals surface area contributed by atoms with Gasteiger partial charge in [-0.3, -0.25) is 0 Å². The number of hydrogen-bond acceptors (Lipinski definition) is 5. The molecule has 0 aliphatic carbocycles. The molecular formula is C21H21N5. The summed E-state index contributed by atoms with van der Waals surface area (Å²) in [6.45, 7) is 8.10. The first kappa shape index (κ1) is 17.4. The van der Waals surface area contributed by atoms with Crippen LogP contribution in [0, 0.1) is 39.0 Å². The number of aryl methyl sites for hydroxylation is 4. The number of benzene rings is 2. The van der Waals surface area contributed by atoms with E-state index in [1.54, 1.807) is 6.07 Å². The summed E-state index contributed by atoms with van der Waals surface area (Å²) in [5.74, 6) is 2.00.